The van der Waals surface area contributed by atoms with Crippen LogP contribution in [0.1, 0.15) is 25.1 Å². The Morgan fingerprint density at radius 3 is 2.82 bits per heavy atom. The molecule has 0 spiro atoms. The van der Waals surface area contributed by atoms with Crippen molar-refractivity contribution in [3.05, 3.63) is 34.5 Å². The molecule has 1 aliphatic carbocycles. The van der Waals surface area contributed by atoms with Crippen molar-refractivity contribution in [1.82, 2.24) is 4.90 Å². The Hall–Kier alpha value is -0.640. The second-order valence-corrected chi connectivity index (χ2v) is 6.18. The molecule has 1 aromatic rings. The molecule has 2 rings (SSSR count). The smallest absolute Gasteiger partial charge is 0.0330 e. The summed E-state index contributed by atoms with van der Waals surface area (Å²) in [6.07, 6.45) is 5.54. The third-order valence-electron chi connectivity index (χ3n) is 3.34. The summed E-state index contributed by atoms with van der Waals surface area (Å²) in [5.74, 6) is 0.632. The minimum absolute atomic E-state index is 0.274. The number of rotatable bonds is 5. The lowest BCUT2D eigenvalue weighted by Gasteiger charge is -2.28. The van der Waals surface area contributed by atoms with Crippen LogP contribution in [0.15, 0.2) is 29.7 Å². The molecule has 0 fully saturated rings. The molecule has 17 heavy (non-hydrogen) atoms. The summed E-state index contributed by atoms with van der Waals surface area (Å²) in [6.45, 7) is 6.73. The number of hydrogen-bond acceptors (Lipinski definition) is 3. The maximum absolute atomic E-state index is 5.91. The molecule has 0 amide bonds. The fourth-order valence-corrected chi connectivity index (χ4v) is 3.03. The van der Waals surface area contributed by atoms with Crippen molar-refractivity contribution in [2.24, 2.45) is 11.7 Å². The normalized spacial score (nSPS) is 24.1. The van der Waals surface area contributed by atoms with E-state index in [0.717, 1.165) is 19.5 Å². The minimum atomic E-state index is 0.274. The van der Waals surface area contributed by atoms with Crippen molar-refractivity contribution in [2.75, 3.05) is 6.54 Å². The third kappa shape index (κ3) is 3.66. The van der Waals surface area contributed by atoms with E-state index in [-0.39, 0.29) is 6.04 Å². The van der Waals surface area contributed by atoms with Crippen LogP contribution >= 0.6 is 11.3 Å². The number of nitrogens with zero attached hydrogens (tertiary/aromatic N) is 1. The summed E-state index contributed by atoms with van der Waals surface area (Å²) in [4.78, 5) is 3.99. The SMILES string of the molecule is CC(C)N(Cc1cccs1)CC1C=CC(N)C1. The number of nitrogens with two attached hydrogens (primary N) is 1. The molecule has 0 aliphatic heterocycles. The van der Waals surface area contributed by atoms with E-state index in [1.807, 2.05) is 11.3 Å². The summed E-state index contributed by atoms with van der Waals surface area (Å²) in [6, 6.07) is 5.21. The van der Waals surface area contributed by atoms with Gasteiger partial charge in [0.1, 0.15) is 0 Å². The molecule has 0 saturated heterocycles. The quantitative estimate of drug-likeness (QED) is 0.814. The number of hydrogen-bond donors (Lipinski definition) is 1. The van der Waals surface area contributed by atoms with E-state index in [1.54, 1.807) is 0 Å². The largest absolute Gasteiger partial charge is 0.324 e. The first kappa shape index (κ1) is 12.8. The Kier molecular flexibility index (Phi) is 4.37. The average Bonchev–Trinajstić information content (AvgIpc) is 2.89. The van der Waals surface area contributed by atoms with Gasteiger partial charge in [-0.3, -0.25) is 4.90 Å². The van der Waals surface area contributed by atoms with Crippen molar-refractivity contribution in [3.63, 3.8) is 0 Å². The molecule has 2 N–H and O–H groups in total. The third-order valence-corrected chi connectivity index (χ3v) is 4.20. The minimum Gasteiger partial charge on any atom is -0.324 e. The van der Waals surface area contributed by atoms with Gasteiger partial charge in [0.25, 0.3) is 0 Å². The molecule has 0 radical (unpaired) electrons. The van der Waals surface area contributed by atoms with E-state index < -0.39 is 0 Å². The van der Waals surface area contributed by atoms with Crippen LogP contribution in [0, 0.1) is 5.92 Å². The first-order valence-corrected chi connectivity index (χ1v) is 7.23. The van der Waals surface area contributed by atoms with E-state index in [2.05, 4.69) is 48.4 Å². The Labute approximate surface area is 108 Å². The lowest BCUT2D eigenvalue weighted by molar-refractivity contribution is 0.192. The molecule has 2 nitrogen and oxygen atoms in total. The van der Waals surface area contributed by atoms with Crippen LogP contribution in [0.3, 0.4) is 0 Å². The first-order valence-electron chi connectivity index (χ1n) is 6.35. The highest BCUT2D eigenvalue weighted by Gasteiger charge is 2.20. The van der Waals surface area contributed by atoms with E-state index in [1.165, 1.54) is 4.88 Å². The molecule has 1 aliphatic rings. The number of thiophene rings is 1. The summed E-state index contributed by atoms with van der Waals surface area (Å²) in [5, 5.41) is 2.15. The molecule has 1 aromatic heterocycles. The topological polar surface area (TPSA) is 29.3 Å². The fraction of sp³-hybridized carbons (Fsp3) is 0.571. The van der Waals surface area contributed by atoms with Crippen LogP contribution in [0.2, 0.25) is 0 Å². The van der Waals surface area contributed by atoms with Crippen molar-refractivity contribution < 1.29 is 0 Å². The van der Waals surface area contributed by atoms with E-state index >= 15 is 0 Å². The molecule has 0 aromatic carbocycles. The van der Waals surface area contributed by atoms with E-state index in [9.17, 15) is 0 Å². The summed E-state index contributed by atoms with van der Waals surface area (Å²) in [7, 11) is 0. The Bertz CT molecular complexity index is 356. The van der Waals surface area contributed by atoms with Gasteiger partial charge in [-0.15, -0.1) is 11.3 Å². The molecule has 0 saturated carbocycles. The maximum Gasteiger partial charge on any atom is 0.0330 e. The predicted molar refractivity (Wildman–Crippen MR) is 75.1 cm³/mol. The predicted octanol–water partition coefficient (Wildman–Crippen LogP) is 2.86. The molecule has 1 heterocycles. The van der Waals surface area contributed by atoms with Gasteiger partial charge in [-0.05, 0) is 37.6 Å². The van der Waals surface area contributed by atoms with E-state index in [4.69, 9.17) is 5.73 Å². The highest BCUT2D eigenvalue weighted by molar-refractivity contribution is 7.09. The van der Waals surface area contributed by atoms with Gasteiger partial charge < -0.3 is 5.73 Å². The highest BCUT2D eigenvalue weighted by atomic mass is 32.1. The summed E-state index contributed by atoms with van der Waals surface area (Å²) < 4.78 is 0. The van der Waals surface area contributed by atoms with Crippen molar-refractivity contribution >= 4 is 11.3 Å². The summed E-state index contributed by atoms with van der Waals surface area (Å²) >= 11 is 1.84. The second-order valence-electron chi connectivity index (χ2n) is 5.15. The molecular weight excluding hydrogens is 228 g/mol. The van der Waals surface area contributed by atoms with Gasteiger partial charge in [-0.2, -0.15) is 0 Å². The van der Waals surface area contributed by atoms with Gasteiger partial charge >= 0.3 is 0 Å². The lowest BCUT2D eigenvalue weighted by Crippen LogP contribution is -2.34. The zero-order valence-electron chi connectivity index (χ0n) is 10.7. The van der Waals surface area contributed by atoms with Gasteiger partial charge in [0.15, 0.2) is 0 Å². The molecule has 94 valence electrons. The van der Waals surface area contributed by atoms with Gasteiger partial charge in [0, 0.05) is 30.1 Å². The van der Waals surface area contributed by atoms with Gasteiger partial charge in [-0.25, -0.2) is 0 Å². The van der Waals surface area contributed by atoms with Crippen molar-refractivity contribution in [1.29, 1.82) is 0 Å². The molecule has 0 bridgehead atoms. The van der Waals surface area contributed by atoms with Crippen LogP contribution in [-0.4, -0.2) is 23.5 Å². The van der Waals surface area contributed by atoms with Crippen LogP contribution in [-0.2, 0) is 6.54 Å². The first-order chi connectivity index (χ1) is 8.15. The molecule has 3 heteroatoms. The van der Waals surface area contributed by atoms with Gasteiger partial charge in [0.05, 0.1) is 0 Å². The van der Waals surface area contributed by atoms with Crippen LogP contribution in [0.25, 0.3) is 0 Å². The van der Waals surface area contributed by atoms with Gasteiger partial charge in [0.2, 0.25) is 0 Å². The van der Waals surface area contributed by atoms with Crippen LogP contribution in [0.5, 0.6) is 0 Å². The van der Waals surface area contributed by atoms with Crippen LogP contribution in [0.4, 0.5) is 0 Å². The lowest BCUT2D eigenvalue weighted by atomic mass is 10.1. The van der Waals surface area contributed by atoms with Crippen LogP contribution < -0.4 is 5.73 Å². The average molecular weight is 250 g/mol. The van der Waals surface area contributed by atoms with Crippen molar-refractivity contribution in [3.8, 4) is 0 Å². The van der Waals surface area contributed by atoms with Crippen molar-refractivity contribution in [2.45, 2.75) is 38.9 Å². The fourth-order valence-electron chi connectivity index (χ4n) is 2.30. The highest BCUT2D eigenvalue weighted by Crippen LogP contribution is 2.21. The Balaban J connectivity index is 1.91. The standard InChI is InChI=1S/C14H22N2S/c1-11(2)16(10-14-4-3-7-17-14)9-12-5-6-13(15)8-12/h3-7,11-13H,8-10,15H2,1-2H3. The summed E-state index contributed by atoms with van der Waals surface area (Å²) in [5.41, 5.74) is 5.91. The second kappa shape index (κ2) is 5.80. The molecule has 2 atom stereocenters. The molecule has 2 unspecified atom stereocenters. The Morgan fingerprint density at radius 1 is 1.47 bits per heavy atom. The Morgan fingerprint density at radius 2 is 2.29 bits per heavy atom. The van der Waals surface area contributed by atoms with E-state index in [0.29, 0.717) is 12.0 Å². The molecular formula is C14H22N2S. The maximum atomic E-state index is 5.91. The zero-order valence-corrected chi connectivity index (χ0v) is 11.5. The van der Waals surface area contributed by atoms with Gasteiger partial charge in [-0.1, -0.05) is 18.2 Å². The zero-order chi connectivity index (χ0) is 12.3. The monoisotopic (exact) mass is 250 g/mol.